The number of likely N-dealkylation sites (N-methyl/N-ethyl adjacent to an activating group) is 2. The van der Waals surface area contributed by atoms with Crippen molar-refractivity contribution in [3.05, 3.63) is 10.9 Å². The molecule has 2 aromatic heterocycles. The fourth-order valence-electron chi connectivity index (χ4n) is 1.89. The van der Waals surface area contributed by atoms with Gasteiger partial charge in [-0.2, -0.15) is 4.98 Å². The van der Waals surface area contributed by atoms with Crippen LogP contribution in [0.2, 0.25) is 0 Å². The van der Waals surface area contributed by atoms with Gasteiger partial charge in [-0.1, -0.05) is 6.92 Å². The van der Waals surface area contributed by atoms with Gasteiger partial charge in [0.1, 0.15) is 10.6 Å². The second-order valence-corrected chi connectivity index (χ2v) is 6.03. The zero-order valence-corrected chi connectivity index (χ0v) is 12.8. The maximum atomic E-state index is 5.82. The van der Waals surface area contributed by atoms with E-state index in [1.807, 2.05) is 7.05 Å². The summed E-state index contributed by atoms with van der Waals surface area (Å²) < 4.78 is 0. The van der Waals surface area contributed by atoms with E-state index in [1.165, 1.54) is 4.88 Å². The van der Waals surface area contributed by atoms with E-state index in [2.05, 4.69) is 46.9 Å². The maximum absolute atomic E-state index is 5.82. The van der Waals surface area contributed by atoms with Crippen LogP contribution in [-0.4, -0.2) is 49.1 Å². The van der Waals surface area contributed by atoms with E-state index in [0.29, 0.717) is 5.95 Å². The van der Waals surface area contributed by atoms with Gasteiger partial charge in [0.25, 0.3) is 0 Å². The molecule has 2 heterocycles. The first-order valence-corrected chi connectivity index (χ1v) is 7.24. The molecule has 0 fully saturated rings. The van der Waals surface area contributed by atoms with E-state index in [-0.39, 0.29) is 0 Å². The van der Waals surface area contributed by atoms with E-state index in [1.54, 1.807) is 11.3 Å². The Kier molecular flexibility index (Phi) is 4.21. The second kappa shape index (κ2) is 5.71. The van der Waals surface area contributed by atoms with E-state index < -0.39 is 0 Å². The SMILES string of the molecule is CCc1cc2c(N(C)CCN(C)C)nc(N)nc2s1. The number of anilines is 2. The average molecular weight is 279 g/mol. The number of aromatic nitrogens is 2. The molecule has 2 rings (SSSR count). The van der Waals surface area contributed by atoms with Gasteiger partial charge in [-0.05, 0) is 26.6 Å². The van der Waals surface area contributed by atoms with Crippen LogP contribution in [-0.2, 0) is 6.42 Å². The van der Waals surface area contributed by atoms with Crippen LogP contribution in [0.3, 0.4) is 0 Å². The molecule has 0 saturated carbocycles. The molecule has 0 unspecified atom stereocenters. The van der Waals surface area contributed by atoms with Gasteiger partial charge in [0.15, 0.2) is 0 Å². The summed E-state index contributed by atoms with van der Waals surface area (Å²) in [5.41, 5.74) is 5.82. The minimum absolute atomic E-state index is 0.351. The Labute approximate surface area is 118 Å². The van der Waals surface area contributed by atoms with Gasteiger partial charge in [0, 0.05) is 25.0 Å². The topological polar surface area (TPSA) is 58.3 Å². The number of nitrogens with two attached hydrogens (primary N) is 1. The third-order valence-corrected chi connectivity index (χ3v) is 4.21. The molecule has 0 amide bonds. The summed E-state index contributed by atoms with van der Waals surface area (Å²) in [4.78, 5) is 15.3. The summed E-state index contributed by atoms with van der Waals surface area (Å²) in [5.74, 6) is 1.28. The predicted molar refractivity (Wildman–Crippen MR) is 83.0 cm³/mol. The number of rotatable bonds is 5. The molecule has 0 radical (unpaired) electrons. The first kappa shape index (κ1) is 14.0. The van der Waals surface area contributed by atoms with Gasteiger partial charge in [-0.3, -0.25) is 0 Å². The molecule has 0 aliphatic heterocycles. The Morgan fingerprint density at radius 2 is 1.95 bits per heavy atom. The lowest BCUT2D eigenvalue weighted by atomic mass is 10.3. The highest BCUT2D eigenvalue weighted by molar-refractivity contribution is 7.18. The molecule has 0 saturated heterocycles. The Morgan fingerprint density at radius 3 is 2.58 bits per heavy atom. The summed E-state index contributed by atoms with van der Waals surface area (Å²) in [7, 11) is 6.18. The van der Waals surface area contributed by atoms with Crippen molar-refractivity contribution in [1.82, 2.24) is 14.9 Å². The van der Waals surface area contributed by atoms with Gasteiger partial charge >= 0.3 is 0 Å². The molecule has 0 spiro atoms. The largest absolute Gasteiger partial charge is 0.368 e. The number of nitrogen functional groups attached to an aromatic ring is 1. The van der Waals surface area contributed by atoms with Crippen LogP contribution in [0, 0.1) is 0 Å². The second-order valence-electron chi connectivity index (χ2n) is 4.92. The van der Waals surface area contributed by atoms with Crippen LogP contribution in [0.5, 0.6) is 0 Å². The van der Waals surface area contributed by atoms with Crippen molar-refractivity contribution < 1.29 is 0 Å². The maximum Gasteiger partial charge on any atom is 0.223 e. The number of fused-ring (bicyclic) bond motifs is 1. The van der Waals surface area contributed by atoms with Gasteiger partial charge in [-0.15, -0.1) is 11.3 Å². The molecule has 2 N–H and O–H groups in total. The molecule has 2 aromatic rings. The van der Waals surface area contributed by atoms with Crippen molar-refractivity contribution >= 4 is 33.3 Å². The first-order valence-electron chi connectivity index (χ1n) is 6.43. The lowest BCUT2D eigenvalue weighted by Crippen LogP contribution is -2.29. The van der Waals surface area contributed by atoms with Crippen LogP contribution < -0.4 is 10.6 Å². The molecule has 0 aliphatic rings. The van der Waals surface area contributed by atoms with E-state index in [4.69, 9.17) is 5.73 Å². The van der Waals surface area contributed by atoms with Crippen LogP contribution in [0.4, 0.5) is 11.8 Å². The van der Waals surface area contributed by atoms with Gasteiger partial charge < -0.3 is 15.5 Å². The monoisotopic (exact) mass is 279 g/mol. The van der Waals surface area contributed by atoms with Crippen LogP contribution in [0.25, 0.3) is 10.2 Å². The minimum atomic E-state index is 0.351. The summed E-state index contributed by atoms with van der Waals surface area (Å²) >= 11 is 1.70. The normalized spacial score (nSPS) is 11.4. The number of nitrogens with zero attached hydrogens (tertiary/aromatic N) is 4. The van der Waals surface area contributed by atoms with Crippen molar-refractivity contribution in [2.75, 3.05) is 44.9 Å². The Hall–Kier alpha value is -1.40. The summed E-state index contributed by atoms with van der Waals surface area (Å²) in [5, 5.41) is 1.11. The van der Waals surface area contributed by atoms with Crippen molar-refractivity contribution in [3.63, 3.8) is 0 Å². The van der Waals surface area contributed by atoms with Crippen LogP contribution in [0.15, 0.2) is 6.07 Å². The average Bonchev–Trinajstić information content (AvgIpc) is 2.77. The highest BCUT2D eigenvalue weighted by Crippen LogP contribution is 2.31. The van der Waals surface area contributed by atoms with Crippen molar-refractivity contribution in [3.8, 4) is 0 Å². The molecule has 0 aromatic carbocycles. The lowest BCUT2D eigenvalue weighted by Gasteiger charge is -2.21. The number of hydrogen-bond donors (Lipinski definition) is 1. The fraction of sp³-hybridized carbons (Fsp3) is 0.538. The van der Waals surface area contributed by atoms with Crippen LogP contribution >= 0.6 is 11.3 Å². The quantitative estimate of drug-likeness (QED) is 0.905. The Morgan fingerprint density at radius 1 is 1.21 bits per heavy atom. The van der Waals surface area contributed by atoms with Gasteiger partial charge in [0.2, 0.25) is 5.95 Å². The minimum Gasteiger partial charge on any atom is -0.368 e. The number of hydrogen-bond acceptors (Lipinski definition) is 6. The van der Waals surface area contributed by atoms with Gasteiger partial charge in [0.05, 0.1) is 5.39 Å². The zero-order chi connectivity index (χ0) is 14.0. The predicted octanol–water partition coefficient (Wildman–Crippen LogP) is 1.83. The molecule has 6 heteroatoms. The molecular weight excluding hydrogens is 258 g/mol. The zero-order valence-electron chi connectivity index (χ0n) is 12.0. The third kappa shape index (κ3) is 3.13. The standard InChI is InChI=1S/C13H21N5S/c1-5-9-8-10-11(18(4)7-6-17(2)3)15-13(14)16-12(10)19-9/h8H,5-7H2,1-4H3,(H2,14,15,16). The highest BCUT2D eigenvalue weighted by Gasteiger charge is 2.13. The highest BCUT2D eigenvalue weighted by atomic mass is 32.1. The van der Waals surface area contributed by atoms with E-state index in [0.717, 1.165) is 35.5 Å². The Balaban J connectivity index is 2.37. The van der Waals surface area contributed by atoms with E-state index in [9.17, 15) is 0 Å². The fourth-order valence-corrected chi connectivity index (χ4v) is 2.86. The first-order chi connectivity index (χ1) is 9.01. The summed E-state index contributed by atoms with van der Waals surface area (Å²) in [6, 6.07) is 2.18. The van der Waals surface area contributed by atoms with Crippen molar-refractivity contribution in [2.24, 2.45) is 0 Å². The molecule has 0 aliphatic carbocycles. The molecule has 104 valence electrons. The molecule has 19 heavy (non-hydrogen) atoms. The van der Waals surface area contributed by atoms with Crippen LogP contribution in [0.1, 0.15) is 11.8 Å². The summed E-state index contributed by atoms with van der Waals surface area (Å²) in [6.07, 6.45) is 1.02. The molecule has 5 nitrogen and oxygen atoms in total. The molecule has 0 atom stereocenters. The van der Waals surface area contributed by atoms with Crippen molar-refractivity contribution in [1.29, 1.82) is 0 Å². The van der Waals surface area contributed by atoms with E-state index >= 15 is 0 Å². The van der Waals surface area contributed by atoms with Crippen molar-refractivity contribution in [2.45, 2.75) is 13.3 Å². The number of aryl methyl sites for hydroxylation is 1. The van der Waals surface area contributed by atoms with Gasteiger partial charge in [-0.25, -0.2) is 4.98 Å². The third-order valence-electron chi connectivity index (χ3n) is 3.03. The Bertz CT molecular complexity index is 563. The lowest BCUT2D eigenvalue weighted by molar-refractivity contribution is 0.416. The molecular formula is C13H21N5S. The number of thiophene rings is 1. The smallest absolute Gasteiger partial charge is 0.223 e. The summed E-state index contributed by atoms with van der Waals surface area (Å²) in [6.45, 7) is 4.04. The molecule has 0 bridgehead atoms.